The van der Waals surface area contributed by atoms with Crippen LogP contribution in [0.5, 0.6) is 11.5 Å². The second-order valence-corrected chi connectivity index (χ2v) is 21.6. The summed E-state index contributed by atoms with van der Waals surface area (Å²) >= 11 is 6.54. The molecular weight excluding hydrogens is 839 g/mol. The fraction of sp³-hybridized carbons (Fsp3) is 0.468. The third kappa shape index (κ3) is 9.89. The standard InChI is InChI=1S/C47H58ClN8O6P/c1-6-30-22-38(51-46-49-26-36(48)44(53-46)50-37-9-7-8-10-42(37)63(4,5)60)41(61-3)23-40(30)55-18-15-33(16-19-55)56-20-17-47(29-56)24-35(25-47)62-34-12-11-31(28-57)32(21-34)27-54(2)39-13-14-43(58)52-45(39)59/h7-12,21-23,26,28,33,35,39H,6,13-20,24-25,27,29H2,1-5H3,(H,52,58,59)(H2,49,50,51,53). The van der Waals surface area contributed by atoms with Crippen molar-refractivity contribution in [2.24, 2.45) is 5.41 Å². The Morgan fingerprint density at radius 2 is 1.79 bits per heavy atom. The third-order valence-corrected chi connectivity index (χ3v) is 15.2. The zero-order valence-electron chi connectivity index (χ0n) is 36.8. The van der Waals surface area contributed by atoms with Gasteiger partial charge in [-0.25, -0.2) is 4.98 Å². The van der Waals surface area contributed by atoms with Crippen LogP contribution in [0.15, 0.2) is 60.8 Å². The molecule has 0 bridgehead atoms. The number of likely N-dealkylation sites (tertiary alicyclic amines) is 1. The monoisotopic (exact) mass is 896 g/mol. The molecule has 1 aliphatic carbocycles. The Balaban J connectivity index is 0.853. The lowest BCUT2D eigenvalue weighted by Crippen LogP contribution is -2.51. The summed E-state index contributed by atoms with van der Waals surface area (Å²) in [5, 5.41) is 10.1. The van der Waals surface area contributed by atoms with Crippen LogP contribution in [0.1, 0.15) is 73.4 Å². The van der Waals surface area contributed by atoms with Crippen LogP contribution in [0.3, 0.4) is 0 Å². The number of nitrogens with one attached hydrogen (secondary N) is 3. The summed E-state index contributed by atoms with van der Waals surface area (Å²) < 4.78 is 25.4. The number of methoxy groups -OCH3 is 1. The number of aryl methyl sites for hydroxylation is 1. The maximum atomic E-state index is 13.0. The molecule has 3 N–H and O–H groups in total. The molecule has 3 aromatic carbocycles. The number of imide groups is 1. The highest BCUT2D eigenvalue weighted by molar-refractivity contribution is 7.70. The summed E-state index contributed by atoms with van der Waals surface area (Å²) in [6.45, 7) is 10.2. The van der Waals surface area contributed by atoms with Gasteiger partial charge in [-0.15, -0.1) is 0 Å². The molecule has 1 aromatic heterocycles. The summed E-state index contributed by atoms with van der Waals surface area (Å²) in [7, 11) is 0.960. The predicted octanol–water partition coefficient (Wildman–Crippen LogP) is 7.39. The number of para-hydroxylation sites is 1. The number of aldehydes is 1. The molecule has 3 saturated heterocycles. The maximum absolute atomic E-state index is 13.0. The van der Waals surface area contributed by atoms with Crippen LogP contribution >= 0.6 is 18.7 Å². The van der Waals surface area contributed by atoms with E-state index in [0.29, 0.717) is 59.2 Å². The van der Waals surface area contributed by atoms with Gasteiger partial charge in [-0.05, 0) is 125 Å². The quantitative estimate of drug-likeness (QED) is 0.0617. The summed E-state index contributed by atoms with van der Waals surface area (Å²) in [6, 6.07) is 17.4. The van der Waals surface area contributed by atoms with Gasteiger partial charge in [0.2, 0.25) is 17.8 Å². The van der Waals surface area contributed by atoms with Gasteiger partial charge in [-0.1, -0.05) is 30.7 Å². The number of anilines is 5. The van der Waals surface area contributed by atoms with E-state index in [2.05, 4.69) is 49.8 Å². The van der Waals surface area contributed by atoms with Crippen LogP contribution in [0.4, 0.5) is 28.8 Å². The topological polar surface area (TPSA) is 158 Å². The Morgan fingerprint density at radius 1 is 1.02 bits per heavy atom. The fourth-order valence-corrected chi connectivity index (χ4v) is 11.2. The molecule has 63 heavy (non-hydrogen) atoms. The predicted molar refractivity (Wildman–Crippen MR) is 248 cm³/mol. The van der Waals surface area contributed by atoms with Crippen molar-refractivity contribution in [1.82, 2.24) is 25.1 Å². The Labute approximate surface area is 374 Å². The van der Waals surface area contributed by atoms with Gasteiger partial charge in [0.05, 0.1) is 36.8 Å². The van der Waals surface area contributed by atoms with Gasteiger partial charge in [-0.3, -0.25) is 29.5 Å². The molecule has 4 fully saturated rings. The highest BCUT2D eigenvalue weighted by Crippen LogP contribution is 2.51. The summed E-state index contributed by atoms with van der Waals surface area (Å²) in [4.78, 5) is 52.3. The van der Waals surface area contributed by atoms with Gasteiger partial charge in [0.15, 0.2) is 5.82 Å². The molecule has 4 aliphatic rings. The smallest absolute Gasteiger partial charge is 0.243 e. The van der Waals surface area contributed by atoms with Crippen molar-refractivity contribution < 1.29 is 28.4 Å². The van der Waals surface area contributed by atoms with E-state index >= 15 is 0 Å². The molecule has 14 nitrogen and oxygen atoms in total. The Bertz CT molecular complexity index is 2420. The molecule has 1 atom stereocenters. The minimum absolute atomic E-state index is 0.125. The zero-order valence-corrected chi connectivity index (χ0v) is 38.4. The van der Waals surface area contributed by atoms with E-state index < -0.39 is 13.2 Å². The second-order valence-electron chi connectivity index (χ2n) is 18.0. The maximum Gasteiger partial charge on any atom is 0.243 e. The fourth-order valence-electron chi connectivity index (χ4n) is 9.93. The number of carbonyl (C=O) groups excluding carboxylic acids is 3. The second kappa shape index (κ2) is 18.6. The van der Waals surface area contributed by atoms with Gasteiger partial charge in [0.1, 0.15) is 29.9 Å². The van der Waals surface area contributed by atoms with Crippen molar-refractivity contribution in [3.8, 4) is 11.5 Å². The Kier molecular flexibility index (Phi) is 13.2. The largest absolute Gasteiger partial charge is 0.494 e. The number of piperidine rings is 2. The molecule has 0 radical (unpaired) electrons. The van der Waals surface area contributed by atoms with Crippen molar-refractivity contribution in [1.29, 1.82) is 0 Å². The van der Waals surface area contributed by atoms with Gasteiger partial charge >= 0.3 is 0 Å². The number of likely N-dealkylation sites (N-methyl/N-ethyl adjacent to an activating group) is 1. The van der Waals surface area contributed by atoms with Crippen LogP contribution in [0.2, 0.25) is 5.02 Å². The van der Waals surface area contributed by atoms with E-state index in [4.69, 9.17) is 26.1 Å². The summed E-state index contributed by atoms with van der Waals surface area (Å²) in [5.41, 5.74) is 5.48. The van der Waals surface area contributed by atoms with Crippen molar-refractivity contribution in [2.75, 3.05) is 69.2 Å². The molecule has 2 amide bonds. The average Bonchev–Trinajstić information content (AvgIpc) is 3.70. The number of carbonyl (C=O) groups is 3. The van der Waals surface area contributed by atoms with Crippen LogP contribution in [-0.4, -0.2) is 110 Å². The van der Waals surface area contributed by atoms with E-state index in [-0.39, 0.29) is 23.3 Å². The normalized spacial score (nSPS) is 21.9. The molecule has 334 valence electrons. The summed E-state index contributed by atoms with van der Waals surface area (Å²) in [6.07, 6.45) is 9.49. The number of nitrogens with zero attached hydrogens (tertiary/aromatic N) is 5. The molecule has 16 heteroatoms. The molecule has 1 saturated carbocycles. The van der Waals surface area contributed by atoms with E-state index in [1.54, 1.807) is 32.7 Å². The van der Waals surface area contributed by atoms with Gasteiger partial charge in [0.25, 0.3) is 0 Å². The van der Waals surface area contributed by atoms with E-state index in [0.717, 1.165) is 86.9 Å². The Morgan fingerprint density at radius 3 is 2.51 bits per heavy atom. The van der Waals surface area contributed by atoms with Gasteiger partial charge in [0, 0.05) is 61.3 Å². The van der Waals surface area contributed by atoms with Crippen molar-refractivity contribution in [3.63, 3.8) is 0 Å². The minimum Gasteiger partial charge on any atom is -0.494 e. The van der Waals surface area contributed by atoms with E-state index in [1.165, 1.54) is 17.7 Å². The molecule has 8 rings (SSSR count). The average molecular weight is 897 g/mol. The van der Waals surface area contributed by atoms with Crippen LogP contribution < -0.4 is 35.6 Å². The number of benzene rings is 3. The lowest BCUT2D eigenvalue weighted by Gasteiger charge is -2.46. The molecule has 4 heterocycles. The first kappa shape index (κ1) is 44.6. The number of halogens is 1. The van der Waals surface area contributed by atoms with Crippen LogP contribution in [-0.2, 0) is 27.1 Å². The minimum atomic E-state index is -2.56. The molecular formula is C47H58ClN8O6P. The Hall–Kier alpha value is -5.01. The first-order chi connectivity index (χ1) is 30.2. The van der Waals surface area contributed by atoms with E-state index in [1.807, 2.05) is 48.3 Å². The van der Waals surface area contributed by atoms with Crippen molar-refractivity contribution >= 4 is 71.0 Å². The SMILES string of the molecule is CCc1cc(Nc2ncc(Cl)c(Nc3ccccc3P(C)(C)=O)n2)c(OC)cc1N1CCC(N2CCC3(CC(Oc4ccc(C=O)c(CN(C)C5CCC(=O)NC5=O)c4)C3)C2)CC1. The summed E-state index contributed by atoms with van der Waals surface area (Å²) in [5.74, 6) is 1.66. The van der Waals surface area contributed by atoms with Crippen LogP contribution in [0, 0.1) is 5.41 Å². The zero-order chi connectivity index (χ0) is 44.5. The highest BCUT2D eigenvalue weighted by atomic mass is 35.5. The number of amides is 2. The lowest BCUT2D eigenvalue weighted by atomic mass is 9.66. The van der Waals surface area contributed by atoms with Gasteiger partial charge < -0.3 is 29.6 Å². The number of rotatable bonds is 15. The number of aromatic nitrogens is 2. The molecule has 1 unspecified atom stereocenters. The van der Waals surface area contributed by atoms with Crippen molar-refractivity contribution in [2.45, 2.75) is 83.0 Å². The molecule has 3 aliphatic heterocycles. The van der Waals surface area contributed by atoms with Crippen LogP contribution in [0.25, 0.3) is 0 Å². The molecule has 1 spiro atoms. The highest BCUT2D eigenvalue weighted by Gasteiger charge is 2.51. The van der Waals surface area contributed by atoms with E-state index in [9.17, 15) is 18.9 Å². The first-order valence-electron chi connectivity index (χ1n) is 21.9. The molecule has 4 aromatic rings. The number of hydrogen-bond acceptors (Lipinski definition) is 13. The number of ether oxygens (including phenoxy) is 2. The van der Waals surface area contributed by atoms with Crippen molar-refractivity contribution in [3.05, 3.63) is 82.5 Å². The lowest BCUT2D eigenvalue weighted by molar-refractivity contribution is -0.137. The third-order valence-electron chi connectivity index (χ3n) is 13.3. The number of hydrogen-bond donors (Lipinski definition) is 3. The van der Waals surface area contributed by atoms with Gasteiger partial charge in [-0.2, -0.15) is 4.98 Å². The first-order valence-corrected chi connectivity index (χ1v) is 24.9.